The Morgan fingerprint density at radius 1 is 0.886 bits per heavy atom. The number of hydrogen-bond acceptors (Lipinski definition) is 3. The largest absolute Gasteiger partial charge is 0.455 e. The quantitative estimate of drug-likeness (QED) is 0.193. The van der Waals surface area contributed by atoms with Crippen molar-refractivity contribution >= 4 is 32.4 Å². The minimum atomic E-state index is -0.759. The van der Waals surface area contributed by atoms with Crippen molar-refractivity contribution in [3.63, 3.8) is 0 Å². The molecule has 0 spiro atoms. The molecule has 5 aromatic rings. The standard InChI is InChI=1S/C31H27N3O/c1-30(2,3)16-18-11-12-22-20(13-18)15-24-25-27(22)33-17-34-28(25)23-14-19-9-7-8-10-21(19)26(29(23)35-24)31(4,5)32-6/h7-15,17H,16H2,1-5H3. The van der Waals surface area contributed by atoms with Crippen molar-refractivity contribution in [2.75, 3.05) is 0 Å². The van der Waals surface area contributed by atoms with Crippen molar-refractivity contribution in [2.45, 2.75) is 46.6 Å². The summed E-state index contributed by atoms with van der Waals surface area (Å²) in [6.07, 6.45) is 2.64. The summed E-state index contributed by atoms with van der Waals surface area (Å²) < 4.78 is 6.70. The van der Waals surface area contributed by atoms with Crippen molar-refractivity contribution in [1.29, 1.82) is 0 Å². The molecule has 0 unspecified atom stereocenters. The molecule has 4 nitrogen and oxygen atoms in total. The highest BCUT2D eigenvalue weighted by atomic mass is 16.5. The molecule has 0 amide bonds. The van der Waals surface area contributed by atoms with Gasteiger partial charge in [-0.3, -0.25) is 0 Å². The van der Waals surface area contributed by atoms with Crippen molar-refractivity contribution in [3.05, 3.63) is 83.5 Å². The van der Waals surface area contributed by atoms with Gasteiger partial charge in [-0.05, 0) is 45.7 Å². The van der Waals surface area contributed by atoms with Crippen LogP contribution in [0.25, 0.3) is 48.6 Å². The molecule has 1 aromatic heterocycles. The smallest absolute Gasteiger partial charge is 0.256 e. The lowest BCUT2D eigenvalue weighted by Gasteiger charge is -2.26. The summed E-state index contributed by atoms with van der Waals surface area (Å²) in [5, 5.41) is 5.24. The molecule has 2 heterocycles. The maximum atomic E-state index is 7.94. The second-order valence-corrected chi connectivity index (χ2v) is 11.2. The molecule has 0 saturated carbocycles. The molecule has 0 atom stereocenters. The Morgan fingerprint density at radius 3 is 2.46 bits per heavy atom. The van der Waals surface area contributed by atoms with Gasteiger partial charge in [0.05, 0.1) is 22.2 Å². The van der Waals surface area contributed by atoms with E-state index in [-0.39, 0.29) is 5.41 Å². The van der Waals surface area contributed by atoms with Gasteiger partial charge in [0.2, 0.25) is 0 Å². The average Bonchev–Trinajstić information content (AvgIpc) is 2.81. The molecule has 1 aliphatic rings. The average molecular weight is 458 g/mol. The van der Waals surface area contributed by atoms with E-state index >= 15 is 0 Å². The lowest BCUT2D eigenvalue weighted by molar-refractivity contribution is 0.411. The molecule has 6 rings (SSSR count). The molecule has 1 aliphatic heterocycles. The van der Waals surface area contributed by atoms with Gasteiger partial charge in [0.15, 0.2) is 0 Å². The van der Waals surface area contributed by atoms with Crippen molar-refractivity contribution in [1.82, 2.24) is 9.97 Å². The van der Waals surface area contributed by atoms with Crippen LogP contribution in [0.2, 0.25) is 0 Å². The summed E-state index contributed by atoms with van der Waals surface area (Å²) in [5.74, 6) is 1.48. The number of rotatable bonds is 2. The zero-order chi connectivity index (χ0) is 24.5. The maximum Gasteiger partial charge on any atom is 0.256 e. The molecule has 0 radical (unpaired) electrons. The fourth-order valence-corrected chi connectivity index (χ4v) is 5.37. The topological polar surface area (TPSA) is 39.4 Å². The lowest BCUT2D eigenvalue weighted by Crippen LogP contribution is -2.15. The third-order valence-corrected chi connectivity index (χ3v) is 6.85. The molecule has 0 bridgehead atoms. The highest BCUT2D eigenvalue weighted by Gasteiger charge is 2.37. The summed E-state index contributed by atoms with van der Waals surface area (Å²) >= 11 is 0. The molecule has 0 aliphatic carbocycles. The Kier molecular flexibility index (Phi) is 4.47. The van der Waals surface area contributed by atoms with Crippen LogP contribution in [0.1, 0.15) is 45.7 Å². The van der Waals surface area contributed by atoms with Crippen LogP contribution >= 0.6 is 0 Å². The molecule has 0 saturated heterocycles. The Morgan fingerprint density at radius 2 is 1.69 bits per heavy atom. The molecule has 4 heteroatoms. The van der Waals surface area contributed by atoms with E-state index < -0.39 is 5.54 Å². The number of ether oxygens (including phenoxy) is 1. The van der Waals surface area contributed by atoms with E-state index in [0.29, 0.717) is 0 Å². The van der Waals surface area contributed by atoms with Gasteiger partial charge in [0, 0.05) is 24.8 Å². The predicted molar refractivity (Wildman–Crippen MR) is 143 cm³/mol. The van der Waals surface area contributed by atoms with Gasteiger partial charge in [-0.1, -0.05) is 63.2 Å². The second kappa shape index (κ2) is 7.26. The van der Waals surface area contributed by atoms with E-state index in [1.807, 2.05) is 26.0 Å². The Balaban J connectivity index is 1.69. The first-order valence-corrected chi connectivity index (χ1v) is 12.0. The third kappa shape index (κ3) is 3.34. The summed E-state index contributed by atoms with van der Waals surface area (Å²) in [5.41, 5.74) is 4.31. The predicted octanol–water partition coefficient (Wildman–Crippen LogP) is 8.45. The zero-order valence-corrected chi connectivity index (χ0v) is 20.7. The van der Waals surface area contributed by atoms with Gasteiger partial charge in [-0.2, -0.15) is 0 Å². The van der Waals surface area contributed by atoms with Crippen LogP contribution in [-0.2, 0) is 12.0 Å². The monoisotopic (exact) mass is 457 g/mol. The number of aromatic nitrogens is 2. The second-order valence-electron chi connectivity index (χ2n) is 11.2. The van der Waals surface area contributed by atoms with Crippen LogP contribution in [0, 0.1) is 12.0 Å². The minimum Gasteiger partial charge on any atom is -0.455 e. The van der Waals surface area contributed by atoms with E-state index in [2.05, 4.69) is 68.1 Å². The molecule has 172 valence electrons. The lowest BCUT2D eigenvalue weighted by atomic mass is 9.85. The highest BCUT2D eigenvalue weighted by Crippen LogP contribution is 2.52. The first-order valence-electron chi connectivity index (χ1n) is 12.0. The first-order chi connectivity index (χ1) is 16.7. The number of benzene rings is 4. The van der Waals surface area contributed by atoms with Gasteiger partial charge in [0.1, 0.15) is 17.8 Å². The van der Waals surface area contributed by atoms with Crippen molar-refractivity contribution in [3.8, 4) is 22.8 Å². The fourth-order valence-electron chi connectivity index (χ4n) is 5.37. The van der Waals surface area contributed by atoms with E-state index in [1.165, 1.54) is 5.56 Å². The van der Waals surface area contributed by atoms with Gasteiger partial charge < -0.3 is 9.58 Å². The van der Waals surface area contributed by atoms with E-state index in [1.54, 1.807) is 6.33 Å². The van der Waals surface area contributed by atoms with E-state index in [0.717, 1.165) is 67.2 Å². The van der Waals surface area contributed by atoms with Crippen LogP contribution in [0.4, 0.5) is 0 Å². The van der Waals surface area contributed by atoms with Crippen LogP contribution in [0.3, 0.4) is 0 Å². The van der Waals surface area contributed by atoms with Gasteiger partial charge in [-0.25, -0.2) is 16.5 Å². The summed E-state index contributed by atoms with van der Waals surface area (Å²) in [4.78, 5) is 13.4. The van der Waals surface area contributed by atoms with Gasteiger partial charge in [0.25, 0.3) is 5.54 Å². The Hall–Kier alpha value is -3.97. The van der Waals surface area contributed by atoms with Crippen LogP contribution in [-0.4, -0.2) is 9.97 Å². The number of nitrogens with zero attached hydrogens (tertiary/aromatic N) is 3. The number of fused-ring (bicyclic) bond motifs is 5. The third-order valence-electron chi connectivity index (χ3n) is 6.85. The molecule has 4 aromatic carbocycles. The van der Waals surface area contributed by atoms with Crippen LogP contribution < -0.4 is 4.74 Å². The van der Waals surface area contributed by atoms with Gasteiger partial charge >= 0.3 is 0 Å². The highest BCUT2D eigenvalue weighted by molar-refractivity contribution is 6.14. The molecular weight excluding hydrogens is 430 g/mol. The fraction of sp³-hybridized carbons (Fsp3) is 0.258. The van der Waals surface area contributed by atoms with E-state index in [4.69, 9.17) is 21.3 Å². The van der Waals surface area contributed by atoms with Crippen molar-refractivity contribution < 1.29 is 4.74 Å². The van der Waals surface area contributed by atoms with Crippen LogP contribution in [0.5, 0.6) is 11.5 Å². The number of hydrogen-bond donors (Lipinski definition) is 0. The Labute approximate surface area is 205 Å². The normalized spacial score (nSPS) is 13.0. The zero-order valence-electron chi connectivity index (χ0n) is 20.7. The summed E-state index contributed by atoms with van der Waals surface area (Å²) in [7, 11) is 0. The summed E-state index contributed by atoms with van der Waals surface area (Å²) in [6.45, 7) is 18.6. The SMILES string of the molecule is [C-]#[N+]C(C)(C)c1c2c(cc3ccccc13)-c1ncnc3c1c(cc1cc(CC(C)(C)C)ccc13)O2. The molecular formula is C31H27N3O. The molecule has 35 heavy (non-hydrogen) atoms. The maximum absolute atomic E-state index is 7.94. The minimum absolute atomic E-state index is 0.199. The van der Waals surface area contributed by atoms with Gasteiger partial charge in [-0.15, -0.1) is 0 Å². The van der Waals surface area contributed by atoms with Crippen molar-refractivity contribution in [2.24, 2.45) is 5.41 Å². The van der Waals surface area contributed by atoms with Crippen LogP contribution in [0.15, 0.2) is 60.9 Å². The molecule has 0 N–H and O–H groups in total. The van der Waals surface area contributed by atoms with E-state index in [9.17, 15) is 0 Å². The first kappa shape index (κ1) is 21.6. The summed E-state index contributed by atoms with van der Waals surface area (Å²) in [6, 6.07) is 19.1. The molecule has 0 fully saturated rings. The Bertz CT molecular complexity index is 1720.